The van der Waals surface area contributed by atoms with Crippen LogP contribution in [-0.2, 0) is 20.7 Å². The molecule has 29 heavy (non-hydrogen) atoms. The zero-order valence-corrected chi connectivity index (χ0v) is 17.3. The molecule has 1 unspecified atom stereocenters. The highest BCUT2D eigenvalue weighted by Crippen LogP contribution is 2.19. The molecule has 2 rings (SSSR count). The Kier molecular flexibility index (Phi) is 8.36. The van der Waals surface area contributed by atoms with Crippen molar-refractivity contribution in [2.45, 2.75) is 26.3 Å². The van der Waals surface area contributed by atoms with Gasteiger partial charge in [-0.3, -0.25) is 14.6 Å². The lowest BCUT2D eigenvalue weighted by Gasteiger charge is -2.12. The lowest BCUT2D eigenvalue weighted by molar-refractivity contribution is -0.137. The van der Waals surface area contributed by atoms with Crippen LogP contribution >= 0.6 is 11.6 Å². The summed E-state index contributed by atoms with van der Waals surface area (Å²) in [6, 6.07) is 10.8. The van der Waals surface area contributed by atoms with Gasteiger partial charge in [0.2, 0.25) is 0 Å². The number of methoxy groups -OCH3 is 1. The van der Waals surface area contributed by atoms with Crippen LogP contribution in [0.1, 0.15) is 25.0 Å². The van der Waals surface area contributed by atoms with Gasteiger partial charge in [0.05, 0.1) is 5.92 Å². The highest BCUT2D eigenvalue weighted by atomic mass is 35.5. The number of Topliss-reactive ketones (excluding diaryl/α,β-unsaturated/α-hetero) is 1. The van der Waals surface area contributed by atoms with Crippen LogP contribution in [0.5, 0.6) is 11.5 Å². The van der Waals surface area contributed by atoms with Crippen LogP contribution in [0.15, 0.2) is 47.5 Å². The third kappa shape index (κ3) is 7.33. The molecule has 0 amide bonds. The number of phenolic OH excluding ortho intramolecular Hbond substituents is 1. The smallest absolute Gasteiger partial charge is 0.313 e. The molecule has 2 aromatic carbocycles. The summed E-state index contributed by atoms with van der Waals surface area (Å²) in [6.07, 6.45) is 1.85. The fraction of sp³-hybridized carbons (Fsp3) is 0.318. The number of halogens is 1. The number of nitrogens with zero attached hydrogens (tertiary/aromatic N) is 1. The normalized spacial score (nSPS) is 12.3. The monoisotopic (exact) mass is 417 g/mol. The molecular formula is C22H24ClNO5. The van der Waals surface area contributed by atoms with Gasteiger partial charge in [0.15, 0.2) is 5.78 Å². The summed E-state index contributed by atoms with van der Waals surface area (Å²) >= 11 is 5.93. The van der Waals surface area contributed by atoms with E-state index < -0.39 is 6.04 Å². The summed E-state index contributed by atoms with van der Waals surface area (Å²) in [4.78, 5) is 28.5. The van der Waals surface area contributed by atoms with E-state index in [4.69, 9.17) is 21.1 Å². The fourth-order valence-corrected chi connectivity index (χ4v) is 2.72. The molecule has 7 heteroatoms. The molecule has 0 saturated carbocycles. The van der Waals surface area contributed by atoms with Gasteiger partial charge in [-0.1, -0.05) is 37.6 Å². The SMILES string of the molecule is COCC(=O)C(Cc1ccc(OC(=O)C(C)C)cc1)N=Cc1cc(O)cc(Cl)c1. The number of rotatable bonds is 9. The van der Waals surface area contributed by atoms with E-state index in [-0.39, 0.29) is 30.0 Å². The summed E-state index contributed by atoms with van der Waals surface area (Å²) in [6.45, 7) is 3.47. The van der Waals surface area contributed by atoms with Crippen molar-refractivity contribution in [1.29, 1.82) is 0 Å². The molecule has 0 saturated heterocycles. The molecule has 0 radical (unpaired) electrons. The Labute approximate surface area is 175 Å². The first-order valence-corrected chi connectivity index (χ1v) is 9.51. The predicted octanol–water partition coefficient (Wildman–Crippen LogP) is 3.85. The van der Waals surface area contributed by atoms with Gasteiger partial charge in [-0.25, -0.2) is 0 Å². The molecule has 1 N–H and O–H groups in total. The lowest BCUT2D eigenvalue weighted by atomic mass is 10.0. The quantitative estimate of drug-likeness (QED) is 0.380. The summed E-state index contributed by atoms with van der Waals surface area (Å²) in [5, 5.41) is 10.0. The number of carbonyl (C=O) groups is 2. The second-order valence-electron chi connectivity index (χ2n) is 6.86. The van der Waals surface area contributed by atoms with E-state index in [1.54, 1.807) is 44.2 Å². The molecular weight excluding hydrogens is 394 g/mol. The molecule has 0 bridgehead atoms. The van der Waals surface area contributed by atoms with Gasteiger partial charge in [0.25, 0.3) is 0 Å². The third-order valence-corrected chi connectivity index (χ3v) is 4.23. The van der Waals surface area contributed by atoms with Crippen molar-refractivity contribution < 1.29 is 24.2 Å². The second kappa shape index (κ2) is 10.7. The molecule has 0 spiro atoms. The minimum Gasteiger partial charge on any atom is -0.508 e. The van der Waals surface area contributed by atoms with E-state index in [1.807, 2.05) is 0 Å². The number of hydrogen-bond donors (Lipinski definition) is 1. The zero-order chi connectivity index (χ0) is 21.4. The number of benzene rings is 2. The molecule has 0 aliphatic heterocycles. The van der Waals surface area contributed by atoms with Crippen LogP contribution in [0.25, 0.3) is 0 Å². The first kappa shape index (κ1) is 22.6. The van der Waals surface area contributed by atoms with E-state index in [0.717, 1.165) is 5.56 Å². The van der Waals surface area contributed by atoms with Crippen LogP contribution in [0, 0.1) is 5.92 Å². The average molecular weight is 418 g/mol. The number of hydrogen-bond acceptors (Lipinski definition) is 6. The van der Waals surface area contributed by atoms with Gasteiger partial charge in [0.1, 0.15) is 24.1 Å². The summed E-state index contributed by atoms with van der Waals surface area (Å²) in [5.74, 6) is -0.230. The van der Waals surface area contributed by atoms with Crippen molar-refractivity contribution in [2.75, 3.05) is 13.7 Å². The van der Waals surface area contributed by atoms with E-state index in [9.17, 15) is 14.7 Å². The predicted molar refractivity (Wildman–Crippen MR) is 112 cm³/mol. The van der Waals surface area contributed by atoms with Gasteiger partial charge in [0, 0.05) is 24.8 Å². The third-order valence-electron chi connectivity index (χ3n) is 4.01. The van der Waals surface area contributed by atoms with E-state index in [2.05, 4.69) is 4.99 Å². The number of aliphatic imine (C=N–C) groups is 1. The standard InChI is InChI=1S/C22H24ClNO5/c1-14(2)22(27)29-19-6-4-15(5-7-19)10-20(21(26)13-28-3)24-12-16-8-17(23)11-18(25)9-16/h4-9,11-12,14,20,25H,10,13H2,1-3H3. The van der Waals surface area contributed by atoms with Crippen LogP contribution in [0.4, 0.5) is 0 Å². The molecule has 0 fully saturated rings. The second-order valence-corrected chi connectivity index (χ2v) is 7.30. The van der Waals surface area contributed by atoms with E-state index >= 15 is 0 Å². The van der Waals surface area contributed by atoms with E-state index in [1.165, 1.54) is 25.5 Å². The Balaban J connectivity index is 2.15. The lowest BCUT2D eigenvalue weighted by Crippen LogP contribution is -2.25. The van der Waals surface area contributed by atoms with Crippen molar-refractivity contribution in [2.24, 2.45) is 10.9 Å². The van der Waals surface area contributed by atoms with E-state index in [0.29, 0.717) is 22.8 Å². The maximum atomic E-state index is 12.4. The fourth-order valence-electron chi connectivity index (χ4n) is 2.49. The summed E-state index contributed by atoms with van der Waals surface area (Å²) < 4.78 is 10.2. The number of ether oxygens (including phenoxy) is 2. The molecule has 154 valence electrons. The van der Waals surface area contributed by atoms with Crippen LogP contribution in [-0.4, -0.2) is 42.8 Å². The number of aromatic hydroxyl groups is 1. The van der Waals surface area contributed by atoms with Crippen molar-refractivity contribution in [3.05, 3.63) is 58.6 Å². The number of phenols is 1. The first-order valence-electron chi connectivity index (χ1n) is 9.13. The van der Waals surface area contributed by atoms with Crippen molar-refractivity contribution in [3.8, 4) is 11.5 Å². The molecule has 1 atom stereocenters. The minimum absolute atomic E-state index is 0.0188. The highest BCUT2D eigenvalue weighted by Gasteiger charge is 2.18. The van der Waals surface area contributed by atoms with Crippen LogP contribution in [0.2, 0.25) is 5.02 Å². The Morgan fingerprint density at radius 2 is 1.86 bits per heavy atom. The maximum absolute atomic E-state index is 12.4. The van der Waals surface area contributed by atoms with Gasteiger partial charge in [-0.05, 0) is 41.5 Å². The van der Waals surface area contributed by atoms with Crippen molar-refractivity contribution in [1.82, 2.24) is 0 Å². The Bertz CT molecular complexity index is 857. The largest absolute Gasteiger partial charge is 0.508 e. The first-order chi connectivity index (χ1) is 13.8. The number of carbonyl (C=O) groups excluding carboxylic acids is 2. The molecule has 0 aromatic heterocycles. The Morgan fingerprint density at radius 3 is 2.45 bits per heavy atom. The van der Waals surface area contributed by atoms with Gasteiger partial charge < -0.3 is 14.6 Å². The molecule has 0 aliphatic carbocycles. The highest BCUT2D eigenvalue weighted by molar-refractivity contribution is 6.31. The summed E-state index contributed by atoms with van der Waals surface area (Å²) in [5.41, 5.74) is 1.44. The van der Waals surface area contributed by atoms with Crippen molar-refractivity contribution >= 4 is 29.6 Å². The van der Waals surface area contributed by atoms with Crippen molar-refractivity contribution in [3.63, 3.8) is 0 Å². The zero-order valence-electron chi connectivity index (χ0n) is 16.6. The Morgan fingerprint density at radius 1 is 1.17 bits per heavy atom. The van der Waals surface area contributed by atoms with Crippen LogP contribution < -0.4 is 4.74 Å². The van der Waals surface area contributed by atoms with Gasteiger partial charge in [-0.2, -0.15) is 0 Å². The van der Waals surface area contributed by atoms with Crippen LogP contribution in [0.3, 0.4) is 0 Å². The average Bonchev–Trinajstić information content (AvgIpc) is 2.65. The minimum atomic E-state index is -0.667. The number of ketones is 1. The topological polar surface area (TPSA) is 85.2 Å². The molecule has 2 aromatic rings. The Hall–Kier alpha value is -2.70. The maximum Gasteiger partial charge on any atom is 0.313 e. The van der Waals surface area contributed by atoms with Gasteiger partial charge >= 0.3 is 5.97 Å². The molecule has 6 nitrogen and oxygen atoms in total. The summed E-state index contributed by atoms with van der Waals surface area (Å²) in [7, 11) is 1.45. The molecule has 0 heterocycles. The molecule has 0 aliphatic rings. The number of esters is 1. The van der Waals surface area contributed by atoms with Gasteiger partial charge in [-0.15, -0.1) is 0 Å².